The zero-order chi connectivity index (χ0) is 22.7. The lowest BCUT2D eigenvalue weighted by atomic mass is 9.93. The Hall–Kier alpha value is -4.43. The van der Waals surface area contributed by atoms with E-state index < -0.39 is 0 Å². The Labute approximate surface area is 202 Å². The van der Waals surface area contributed by atoms with Crippen molar-refractivity contribution < 1.29 is 0 Å². The lowest BCUT2D eigenvalue weighted by molar-refractivity contribution is 1.24. The van der Waals surface area contributed by atoms with Gasteiger partial charge < -0.3 is 0 Å². The molecule has 2 nitrogen and oxygen atoms in total. The van der Waals surface area contributed by atoms with E-state index >= 15 is 0 Å². The monoisotopic (exact) mass is 444 g/mol. The number of fused-ring (bicyclic) bond motifs is 16. The first-order valence-electron chi connectivity index (χ1n) is 12.3. The van der Waals surface area contributed by atoms with Crippen molar-refractivity contribution in [3.8, 4) is 22.3 Å². The minimum atomic E-state index is 0.978. The molecule has 162 valence electrons. The largest absolute Gasteiger partial charge is 0.292 e. The number of hydrogen-bond acceptors (Lipinski definition) is 1. The second-order valence-corrected chi connectivity index (χ2v) is 9.93. The topological polar surface area (TPSA) is 17.3 Å². The average Bonchev–Trinajstić information content (AvgIpc) is 3.59. The van der Waals surface area contributed by atoms with Crippen LogP contribution < -0.4 is 0 Å². The quantitative estimate of drug-likeness (QED) is 0.217. The first-order valence-corrected chi connectivity index (χ1v) is 12.3. The number of para-hydroxylation sites is 3. The highest BCUT2D eigenvalue weighted by molar-refractivity contribution is 6.17. The summed E-state index contributed by atoms with van der Waals surface area (Å²) in [7, 11) is 0. The molecular formula is C33H20N2. The van der Waals surface area contributed by atoms with Crippen LogP contribution in [0.2, 0.25) is 0 Å². The standard InChI is InChI=1S/C33H20N2/c1-2-8-21-19(7-1)17-26-22(21)14-13-20-18-27-23(31(20)26)15-16-25-32(27)24-9-3-5-11-29(24)35-30-12-6-4-10-28(30)34-33(25)35/h1-16H,17-18H2. The number of hydrogen-bond donors (Lipinski definition) is 0. The minimum Gasteiger partial charge on any atom is -0.292 e. The third-order valence-corrected chi connectivity index (χ3v) is 8.24. The molecule has 2 heteroatoms. The van der Waals surface area contributed by atoms with E-state index in [2.05, 4.69) is 101 Å². The molecule has 0 fully saturated rings. The highest BCUT2D eigenvalue weighted by Gasteiger charge is 2.30. The Balaban J connectivity index is 1.42. The van der Waals surface area contributed by atoms with Gasteiger partial charge in [-0.05, 0) is 87.0 Å². The Morgan fingerprint density at radius 1 is 0.543 bits per heavy atom. The molecule has 0 unspecified atom stereocenters. The molecule has 35 heavy (non-hydrogen) atoms. The molecule has 0 N–H and O–H groups in total. The van der Waals surface area contributed by atoms with Crippen LogP contribution in [0.4, 0.5) is 0 Å². The normalized spacial score (nSPS) is 13.5. The summed E-state index contributed by atoms with van der Waals surface area (Å²) in [6.07, 6.45) is 2.00. The van der Waals surface area contributed by atoms with E-state index in [9.17, 15) is 0 Å². The maximum Gasteiger partial charge on any atom is 0.146 e. The molecule has 0 aliphatic heterocycles. The average molecular weight is 445 g/mol. The predicted octanol–water partition coefficient (Wildman–Crippen LogP) is 7.94. The maximum atomic E-state index is 5.12. The van der Waals surface area contributed by atoms with E-state index in [-0.39, 0.29) is 0 Å². The van der Waals surface area contributed by atoms with Crippen molar-refractivity contribution >= 4 is 38.4 Å². The summed E-state index contributed by atoms with van der Waals surface area (Å²) in [6.45, 7) is 0. The summed E-state index contributed by atoms with van der Waals surface area (Å²) in [6, 6.07) is 35.6. The van der Waals surface area contributed by atoms with Crippen molar-refractivity contribution in [3.63, 3.8) is 0 Å². The molecule has 2 heterocycles. The third-order valence-electron chi connectivity index (χ3n) is 8.24. The van der Waals surface area contributed by atoms with Gasteiger partial charge in [0, 0.05) is 10.8 Å². The Morgan fingerprint density at radius 2 is 1.31 bits per heavy atom. The molecule has 0 radical (unpaired) electrons. The molecule has 0 spiro atoms. The minimum absolute atomic E-state index is 0.978. The summed E-state index contributed by atoms with van der Waals surface area (Å²) in [5.41, 5.74) is 16.0. The van der Waals surface area contributed by atoms with Crippen LogP contribution in [0.25, 0.3) is 60.6 Å². The summed E-state index contributed by atoms with van der Waals surface area (Å²) in [5.74, 6) is 0. The Morgan fingerprint density at radius 3 is 2.29 bits per heavy atom. The van der Waals surface area contributed by atoms with E-state index in [1.807, 2.05) is 0 Å². The lowest BCUT2D eigenvalue weighted by Gasteiger charge is -2.13. The molecule has 0 saturated heterocycles. The number of rotatable bonds is 0. The van der Waals surface area contributed by atoms with Crippen LogP contribution in [0.15, 0.2) is 97.1 Å². The molecule has 9 rings (SSSR count). The predicted molar refractivity (Wildman–Crippen MR) is 144 cm³/mol. The number of nitrogens with zero attached hydrogens (tertiary/aromatic N) is 2. The van der Waals surface area contributed by atoms with Crippen LogP contribution in [-0.2, 0) is 12.8 Å². The molecule has 0 amide bonds. The van der Waals surface area contributed by atoms with Crippen molar-refractivity contribution in [1.29, 1.82) is 0 Å². The highest BCUT2D eigenvalue weighted by Crippen LogP contribution is 2.50. The second-order valence-electron chi connectivity index (χ2n) is 9.93. The van der Waals surface area contributed by atoms with E-state index in [1.165, 1.54) is 71.7 Å². The smallest absolute Gasteiger partial charge is 0.146 e. The number of pyridine rings is 1. The SMILES string of the molecule is c1ccc2c(c1)Cc1c-2ccc2c1-c1ccc3c(c1C2)c1ccccc1n1c2ccccc2nc31. The van der Waals surface area contributed by atoms with Gasteiger partial charge in [-0.15, -0.1) is 0 Å². The van der Waals surface area contributed by atoms with Gasteiger partial charge in [0.2, 0.25) is 0 Å². The first-order chi connectivity index (χ1) is 17.4. The number of aromatic nitrogens is 2. The molecule has 2 aromatic heterocycles. The molecule has 2 aliphatic rings. The van der Waals surface area contributed by atoms with Gasteiger partial charge in [-0.3, -0.25) is 4.40 Å². The van der Waals surface area contributed by atoms with Crippen molar-refractivity contribution in [1.82, 2.24) is 9.38 Å². The number of imidazole rings is 1. The van der Waals surface area contributed by atoms with Gasteiger partial charge in [0.05, 0.1) is 16.6 Å². The van der Waals surface area contributed by atoms with Crippen LogP contribution in [0.1, 0.15) is 22.3 Å². The van der Waals surface area contributed by atoms with E-state index in [0.717, 1.165) is 24.0 Å². The lowest BCUT2D eigenvalue weighted by Crippen LogP contribution is -1.94. The van der Waals surface area contributed by atoms with Crippen LogP contribution in [-0.4, -0.2) is 9.38 Å². The molecule has 5 aromatic carbocycles. The zero-order valence-electron chi connectivity index (χ0n) is 19.0. The number of benzene rings is 5. The van der Waals surface area contributed by atoms with Gasteiger partial charge in [0.25, 0.3) is 0 Å². The second kappa shape index (κ2) is 6.17. The summed E-state index contributed by atoms with van der Waals surface area (Å²) in [4.78, 5) is 5.12. The van der Waals surface area contributed by atoms with Crippen molar-refractivity contribution in [2.24, 2.45) is 0 Å². The van der Waals surface area contributed by atoms with Gasteiger partial charge in [0.15, 0.2) is 0 Å². The Kier molecular flexibility index (Phi) is 3.16. The third kappa shape index (κ3) is 2.14. The van der Waals surface area contributed by atoms with E-state index in [4.69, 9.17) is 4.98 Å². The fourth-order valence-electron chi connectivity index (χ4n) is 6.82. The van der Waals surface area contributed by atoms with Gasteiger partial charge in [0.1, 0.15) is 5.65 Å². The molecule has 0 atom stereocenters. The van der Waals surface area contributed by atoms with Crippen LogP contribution in [0.3, 0.4) is 0 Å². The first kappa shape index (κ1) is 18.0. The van der Waals surface area contributed by atoms with Crippen LogP contribution in [0.5, 0.6) is 0 Å². The molecular weight excluding hydrogens is 424 g/mol. The fourth-order valence-corrected chi connectivity index (χ4v) is 6.82. The van der Waals surface area contributed by atoms with Gasteiger partial charge >= 0.3 is 0 Å². The summed E-state index contributed by atoms with van der Waals surface area (Å²) >= 11 is 0. The van der Waals surface area contributed by atoms with E-state index in [1.54, 1.807) is 0 Å². The van der Waals surface area contributed by atoms with Crippen LogP contribution in [0, 0.1) is 0 Å². The molecule has 0 saturated carbocycles. The maximum absolute atomic E-state index is 5.12. The Bertz CT molecular complexity index is 2060. The van der Waals surface area contributed by atoms with Gasteiger partial charge in [-0.25, -0.2) is 4.98 Å². The molecule has 7 aromatic rings. The zero-order valence-corrected chi connectivity index (χ0v) is 19.0. The van der Waals surface area contributed by atoms with Crippen molar-refractivity contribution in [3.05, 3.63) is 119 Å². The fraction of sp³-hybridized carbons (Fsp3) is 0.0606. The van der Waals surface area contributed by atoms with Crippen molar-refractivity contribution in [2.75, 3.05) is 0 Å². The van der Waals surface area contributed by atoms with E-state index in [0.29, 0.717) is 0 Å². The van der Waals surface area contributed by atoms with Crippen LogP contribution >= 0.6 is 0 Å². The van der Waals surface area contributed by atoms with Crippen molar-refractivity contribution in [2.45, 2.75) is 12.8 Å². The highest BCUT2D eigenvalue weighted by atomic mass is 15.0. The molecule has 0 bridgehead atoms. The molecule has 2 aliphatic carbocycles. The summed E-state index contributed by atoms with van der Waals surface area (Å²) in [5, 5.41) is 3.91. The van der Waals surface area contributed by atoms with Gasteiger partial charge in [-0.1, -0.05) is 72.8 Å². The summed E-state index contributed by atoms with van der Waals surface area (Å²) < 4.78 is 2.34. The van der Waals surface area contributed by atoms with Gasteiger partial charge in [-0.2, -0.15) is 0 Å².